The summed E-state index contributed by atoms with van der Waals surface area (Å²) in [6.07, 6.45) is 2.08. The van der Waals surface area contributed by atoms with Crippen LogP contribution in [-0.2, 0) is 11.2 Å². The average Bonchev–Trinajstić information content (AvgIpc) is 2.74. The summed E-state index contributed by atoms with van der Waals surface area (Å²) in [6.45, 7) is 4.00. The number of rotatable bonds is 3. The minimum absolute atomic E-state index is 0.305. The number of hydrogen-bond donors (Lipinski definition) is 4. The van der Waals surface area contributed by atoms with Gasteiger partial charge in [-0.2, -0.15) is 0 Å². The minimum Gasteiger partial charge on any atom is -0.480 e. The Morgan fingerprint density at radius 2 is 2.11 bits per heavy atom. The third-order valence-corrected chi connectivity index (χ3v) is 2.55. The van der Waals surface area contributed by atoms with Gasteiger partial charge in [-0.1, -0.05) is 19.9 Å². The molecule has 1 aromatic carbocycles. The van der Waals surface area contributed by atoms with E-state index in [0.717, 1.165) is 16.5 Å². The summed E-state index contributed by atoms with van der Waals surface area (Å²) in [6, 6.07) is 4.58. The zero-order chi connectivity index (χ0) is 13.7. The quantitative estimate of drug-likeness (QED) is 0.621. The molecule has 0 radical (unpaired) electrons. The van der Waals surface area contributed by atoms with Crippen molar-refractivity contribution in [2.24, 2.45) is 5.73 Å². The van der Waals surface area contributed by atoms with Crippen molar-refractivity contribution in [1.29, 1.82) is 0 Å². The Kier molecular flexibility index (Phi) is 4.74. The summed E-state index contributed by atoms with van der Waals surface area (Å²) in [7, 11) is 0. The molecule has 0 spiro atoms. The Balaban J connectivity index is 0.000000771. The van der Waals surface area contributed by atoms with Gasteiger partial charge in [-0.15, -0.1) is 0 Å². The summed E-state index contributed by atoms with van der Waals surface area (Å²) in [5.74, 6) is -0.996. The summed E-state index contributed by atoms with van der Waals surface area (Å²) < 4.78 is 0. The number of nitrogen functional groups attached to an aromatic ring is 1. The number of fused-ring (bicyclic) bond motifs is 1. The molecule has 1 unspecified atom stereocenters. The van der Waals surface area contributed by atoms with Gasteiger partial charge < -0.3 is 21.6 Å². The van der Waals surface area contributed by atoms with Crippen molar-refractivity contribution >= 4 is 22.6 Å². The molecule has 0 fully saturated rings. The van der Waals surface area contributed by atoms with Gasteiger partial charge in [-0.05, 0) is 17.7 Å². The molecule has 0 saturated carbocycles. The number of carboxylic acid groups (broad SMARTS) is 1. The second kappa shape index (κ2) is 6.07. The minimum atomic E-state index is -0.996. The molecule has 1 aromatic heterocycles. The van der Waals surface area contributed by atoms with E-state index in [1.807, 2.05) is 26.0 Å². The molecule has 2 rings (SSSR count). The number of nitrogens with one attached hydrogen (secondary N) is 1. The third-order valence-electron chi connectivity index (χ3n) is 2.55. The number of anilines is 1. The number of carboxylic acids is 1. The van der Waals surface area contributed by atoms with Crippen LogP contribution in [0.3, 0.4) is 0 Å². The lowest BCUT2D eigenvalue weighted by Crippen LogP contribution is -2.32. The van der Waals surface area contributed by atoms with Crippen LogP contribution in [0.25, 0.3) is 10.9 Å². The largest absolute Gasteiger partial charge is 0.480 e. The predicted octanol–water partition coefficient (Wildman–Crippen LogP) is 1.73. The van der Waals surface area contributed by atoms with Crippen LogP contribution in [-0.4, -0.2) is 22.1 Å². The van der Waals surface area contributed by atoms with Crippen molar-refractivity contribution in [1.82, 2.24) is 4.98 Å². The Hall–Kier alpha value is -2.01. The highest BCUT2D eigenvalue weighted by molar-refractivity contribution is 5.86. The van der Waals surface area contributed by atoms with E-state index in [2.05, 4.69) is 4.98 Å². The van der Waals surface area contributed by atoms with Crippen LogP contribution in [0.15, 0.2) is 24.4 Å². The molecular formula is C13H19N3O2. The van der Waals surface area contributed by atoms with Crippen molar-refractivity contribution in [3.63, 3.8) is 0 Å². The van der Waals surface area contributed by atoms with E-state index in [-0.39, 0.29) is 0 Å². The fourth-order valence-corrected chi connectivity index (χ4v) is 1.70. The molecule has 0 aliphatic rings. The van der Waals surface area contributed by atoms with Crippen LogP contribution in [0.5, 0.6) is 0 Å². The first-order chi connectivity index (χ1) is 8.58. The van der Waals surface area contributed by atoms with Crippen LogP contribution in [0.4, 0.5) is 5.69 Å². The molecule has 5 nitrogen and oxygen atoms in total. The Morgan fingerprint density at radius 3 is 2.72 bits per heavy atom. The van der Waals surface area contributed by atoms with E-state index in [9.17, 15) is 4.79 Å². The molecular weight excluding hydrogens is 230 g/mol. The number of aromatic nitrogens is 1. The van der Waals surface area contributed by atoms with Crippen molar-refractivity contribution in [3.8, 4) is 0 Å². The normalized spacial score (nSPS) is 11.7. The highest BCUT2D eigenvalue weighted by Crippen LogP contribution is 2.21. The second-order valence-corrected chi connectivity index (χ2v) is 3.77. The number of hydrogen-bond acceptors (Lipinski definition) is 3. The summed E-state index contributed by atoms with van der Waals surface area (Å²) in [5, 5.41) is 9.71. The molecule has 2 aromatic rings. The lowest BCUT2D eigenvalue weighted by atomic mass is 10.1. The highest BCUT2D eigenvalue weighted by atomic mass is 16.4. The maximum atomic E-state index is 10.7. The number of carbonyl (C=O) groups is 1. The van der Waals surface area contributed by atoms with Crippen molar-refractivity contribution in [3.05, 3.63) is 30.0 Å². The summed E-state index contributed by atoms with van der Waals surface area (Å²) >= 11 is 0. The first-order valence-electron chi connectivity index (χ1n) is 5.92. The van der Waals surface area contributed by atoms with Gasteiger partial charge in [-0.3, -0.25) is 4.79 Å². The molecule has 6 N–H and O–H groups in total. The van der Waals surface area contributed by atoms with Gasteiger partial charge in [0, 0.05) is 29.2 Å². The van der Waals surface area contributed by atoms with Gasteiger partial charge in [0.05, 0.1) is 0 Å². The lowest BCUT2D eigenvalue weighted by Gasteiger charge is -2.04. The van der Waals surface area contributed by atoms with Crippen molar-refractivity contribution in [2.75, 3.05) is 5.73 Å². The molecule has 1 atom stereocenters. The molecule has 0 saturated heterocycles. The third kappa shape index (κ3) is 3.01. The maximum Gasteiger partial charge on any atom is 0.320 e. The smallest absolute Gasteiger partial charge is 0.320 e. The van der Waals surface area contributed by atoms with E-state index in [1.165, 1.54) is 0 Å². The number of aromatic amines is 1. The van der Waals surface area contributed by atoms with E-state index < -0.39 is 12.0 Å². The predicted molar refractivity (Wildman–Crippen MR) is 73.4 cm³/mol. The molecule has 5 heteroatoms. The Morgan fingerprint density at radius 1 is 1.44 bits per heavy atom. The first kappa shape index (κ1) is 14.1. The van der Waals surface area contributed by atoms with Crippen LogP contribution in [0.1, 0.15) is 19.4 Å². The zero-order valence-electron chi connectivity index (χ0n) is 10.6. The topological polar surface area (TPSA) is 105 Å². The summed E-state index contributed by atoms with van der Waals surface area (Å²) in [4.78, 5) is 13.7. The molecule has 98 valence electrons. The maximum absolute atomic E-state index is 10.7. The summed E-state index contributed by atoms with van der Waals surface area (Å²) in [5.41, 5.74) is 13.6. The van der Waals surface area contributed by atoms with Gasteiger partial charge in [0.2, 0.25) is 0 Å². The number of nitrogens with two attached hydrogens (primary N) is 2. The number of benzene rings is 1. The van der Waals surface area contributed by atoms with E-state index in [1.54, 1.807) is 12.3 Å². The first-order valence-corrected chi connectivity index (χ1v) is 5.92. The molecule has 0 aliphatic carbocycles. The van der Waals surface area contributed by atoms with E-state index in [0.29, 0.717) is 12.1 Å². The zero-order valence-corrected chi connectivity index (χ0v) is 10.6. The standard InChI is InChI=1S/C11H13N3O2.C2H6/c12-7-1-2-8-6(3-9(13)11(15)16)5-14-10(8)4-7;1-2/h1-2,4-5,9,14H,3,12-13H2,(H,15,16);1-2H3. The fourth-order valence-electron chi connectivity index (χ4n) is 1.70. The number of H-pyrrole nitrogens is 1. The average molecular weight is 249 g/mol. The molecule has 18 heavy (non-hydrogen) atoms. The van der Waals surface area contributed by atoms with Crippen LogP contribution >= 0.6 is 0 Å². The van der Waals surface area contributed by atoms with Gasteiger partial charge in [-0.25, -0.2) is 0 Å². The highest BCUT2D eigenvalue weighted by Gasteiger charge is 2.14. The Bertz CT molecular complexity index is 534. The second-order valence-electron chi connectivity index (χ2n) is 3.77. The lowest BCUT2D eigenvalue weighted by molar-refractivity contribution is -0.138. The van der Waals surface area contributed by atoms with Gasteiger partial charge in [0.1, 0.15) is 6.04 Å². The van der Waals surface area contributed by atoms with Crippen molar-refractivity contribution < 1.29 is 9.90 Å². The van der Waals surface area contributed by atoms with Gasteiger partial charge >= 0.3 is 5.97 Å². The number of aliphatic carboxylic acids is 1. The Labute approximate surface area is 106 Å². The SMILES string of the molecule is CC.Nc1ccc2c(CC(N)C(=O)O)c[nH]c2c1. The molecule has 0 amide bonds. The van der Waals surface area contributed by atoms with Gasteiger partial charge in [0.25, 0.3) is 0 Å². The molecule has 0 bridgehead atoms. The van der Waals surface area contributed by atoms with Crippen LogP contribution in [0, 0.1) is 0 Å². The fraction of sp³-hybridized carbons (Fsp3) is 0.308. The molecule has 0 aliphatic heterocycles. The molecule has 1 heterocycles. The van der Waals surface area contributed by atoms with Crippen LogP contribution in [0.2, 0.25) is 0 Å². The van der Waals surface area contributed by atoms with Crippen LogP contribution < -0.4 is 11.5 Å². The van der Waals surface area contributed by atoms with E-state index >= 15 is 0 Å². The monoisotopic (exact) mass is 249 g/mol. The van der Waals surface area contributed by atoms with Crippen molar-refractivity contribution in [2.45, 2.75) is 26.3 Å². The van der Waals surface area contributed by atoms with Gasteiger partial charge in [0.15, 0.2) is 0 Å². The van der Waals surface area contributed by atoms with E-state index in [4.69, 9.17) is 16.6 Å².